The van der Waals surface area contributed by atoms with Gasteiger partial charge in [0.25, 0.3) is 0 Å². The molecule has 3 heterocycles. The van der Waals surface area contributed by atoms with Crippen LogP contribution in [0.25, 0.3) is 11.3 Å². The lowest BCUT2D eigenvalue weighted by molar-refractivity contribution is 0.113. The van der Waals surface area contributed by atoms with E-state index in [1.54, 1.807) is 0 Å². The number of aliphatic hydroxyl groups is 1. The second kappa shape index (κ2) is 3.43. The lowest BCUT2D eigenvalue weighted by Crippen LogP contribution is -2.23. The molecule has 0 spiro atoms. The van der Waals surface area contributed by atoms with Gasteiger partial charge in [0.05, 0.1) is 30.4 Å². The second-order valence-electron chi connectivity index (χ2n) is 4.99. The van der Waals surface area contributed by atoms with E-state index in [2.05, 4.69) is 21.0 Å². The lowest BCUT2D eigenvalue weighted by atomic mass is 9.95. The highest BCUT2D eigenvalue weighted by Gasteiger charge is 2.40. The van der Waals surface area contributed by atoms with Crippen molar-refractivity contribution >= 4 is 11.3 Å². The number of imidazole rings is 1. The summed E-state index contributed by atoms with van der Waals surface area (Å²) < 4.78 is 2.25. The van der Waals surface area contributed by atoms with Gasteiger partial charge in [-0.25, -0.2) is 4.98 Å². The average molecular weight is 246 g/mol. The average Bonchev–Trinajstić information content (AvgIpc) is 3.00. The van der Waals surface area contributed by atoms with Gasteiger partial charge in [-0.1, -0.05) is 6.42 Å². The summed E-state index contributed by atoms with van der Waals surface area (Å²) in [4.78, 5) is 5.67. The Morgan fingerprint density at radius 3 is 3.18 bits per heavy atom. The fourth-order valence-electron chi connectivity index (χ4n) is 3.36. The number of rotatable bonds is 1. The van der Waals surface area contributed by atoms with Crippen molar-refractivity contribution in [3.8, 4) is 11.3 Å². The molecule has 3 nitrogen and oxygen atoms in total. The Hall–Kier alpha value is -1.13. The zero-order chi connectivity index (χ0) is 11.4. The van der Waals surface area contributed by atoms with Gasteiger partial charge < -0.3 is 9.67 Å². The molecule has 0 saturated heterocycles. The molecule has 1 unspecified atom stereocenters. The van der Waals surface area contributed by atoms with E-state index in [0.717, 1.165) is 19.3 Å². The number of aliphatic hydroxyl groups excluding tert-OH is 1. The fraction of sp³-hybridized carbons (Fsp3) is 0.462. The van der Waals surface area contributed by atoms with E-state index < -0.39 is 0 Å². The van der Waals surface area contributed by atoms with E-state index in [1.165, 1.54) is 16.1 Å². The highest BCUT2D eigenvalue weighted by molar-refractivity contribution is 7.10. The Balaban J connectivity index is 1.87. The zero-order valence-corrected chi connectivity index (χ0v) is 10.2. The lowest BCUT2D eigenvalue weighted by Gasteiger charge is -2.23. The van der Waals surface area contributed by atoms with Gasteiger partial charge in [0.2, 0.25) is 0 Å². The van der Waals surface area contributed by atoms with Crippen molar-refractivity contribution in [3.63, 3.8) is 0 Å². The summed E-state index contributed by atoms with van der Waals surface area (Å²) in [5.74, 6) is 0.364. The molecule has 2 aromatic rings. The molecule has 88 valence electrons. The second-order valence-corrected chi connectivity index (χ2v) is 5.94. The molecule has 4 rings (SSSR count). The zero-order valence-electron chi connectivity index (χ0n) is 9.41. The highest BCUT2D eigenvalue weighted by Crippen LogP contribution is 2.49. The van der Waals surface area contributed by atoms with Crippen LogP contribution in [0.3, 0.4) is 0 Å². The topological polar surface area (TPSA) is 38.1 Å². The Bertz CT molecular complexity index is 519. The van der Waals surface area contributed by atoms with Crippen LogP contribution in [0.1, 0.15) is 30.2 Å². The number of thiophene rings is 1. The molecule has 0 aromatic carbocycles. The van der Waals surface area contributed by atoms with E-state index in [9.17, 15) is 5.11 Å². The quantitative estimate of drug-likeness (QED) is 0.840. The Kier molecular flexibility index (Phi) is 1.99. The minimum Gasteiger partial charge on any atom is -0.393 e. The molecule has 0 bridgehead atoms. The molecule has 2 aliphatic rings. The number of aromatic nitrogens is 2. The maximum atomic E-state index is 10.1. The minimum atomic E-state index is -0.150. The van der Waals surface area contributed by atoms with Gasteiger partial charge in [0, 0.05) is 16.4 Å². The third-order valence-electron chi connectivity index (χ3n) is 4.14. The number of hydrogen-bond acceptors (Lipinski definition) is 3. The van der Waals surface area contributed by atoms with E-state index in [4.69, 9.17) is 0 Å². The van der Waals surface area contributed by atoms with Crippen LogP contribution in [0.15, 0.2) is 24.0 Å². The van der Waals surface area contributed by atoms with Crippen LogP contribution >= 0.6 is 11.3 Å². The van der Waals surface area contributed by atoms with Crippen LogP contribution < -0.4 is 0 Å². The van der Waals surface area contributed by atoms with Crippen LogP contribution in [-0.2, 0) is 0 Å². The molecular weight excluding hydrogens is 232 g/mol. The molecule has 1 fully saturated rings. The summed E-state index contributed by atoms with van der Waals surface area (Å²) >= 11 is 1.81. The molecule has 0 amide bonds. The smallest absolute Gasteiger partial charge is 0.0957 e. The summed E-state index contributed by atoms with van der Waals surface area (Å²) in [7, 11) is 0. The molecule has 1 aliphatic heterocycles. The third-order valence-corrected chi connectivity index (χ3v) is 5.13. The molecule has 3 atom stereocenters. The molecule has 17 heavy (non-hydrogen) atoms. The largest absolute Gasteiger partial charge is 0.393 e. The standard InChI is InChI=1S/C13H14N2OS/c16-11-3-1-2-9(11)12-13-8(4-5-17-13)10-6-14-7-15(10)12/h4-7,9,11-12,16H,1-3H2/t9-,11+,12?/m0/s1. The Labute approximate surface area is 104 Å². The summed E-state index contributed by atoms with van der Waals surface area (Å²) in [5.41, 5.74) is 2.53. The van der Waals surface area contributed by atoms with Gasteiger partial charge in [-0.05, 0) is 24.3 Å². The summed E-state index contributed by atoms with van der Waals surface area (Å²) in [5, 5.41) is 12.3. The summed E-state index contributed by atoms with van der Waals surface area (Å²) in [6.45, 7) is 0. The molecular formula is C13H14N2OS. The van der Waals surface area contributed by atoms with E-state index >= 15 is 0 Å². The predicted molar refractivity (Wildman–Crippen MR) is 67.0 cm³/mol. The van der Waals surface area contributed by atoms with Gasteiger partial charge in [0.1, 0.15) is 0 Å². The number of hydrogen-bond donors (Lipinski definition) is 1. The van der Waals surface area contributed by atoms with E-state index in [1.807, 2.05) is 23.9 Å². The number of fused-ring (bicyclic) bond motifs is 3. The van der Waals surface area contributed by atoms with Crippen molar-refractivity contribution in [2.45, 2.75) is 31.4 Å². The first-order chi connectivity index (χ1) is 8.36. The van der Waals surface area contributed by atoms with Crippen molar-refractivity contribution < 1.29 is 5.11 Å². The van der Waals surface area contributed by atoms with Crippen molar-refractivity contribution in [2.24, 2.45) is 5.92 Å². The Morgan fingerprint density at radius 1 is 1.41 bits per heavy atom. The fourth-order valence-corrected chi connectivity index (χ4v) is 4.44. The summed E-state index contributed by atoms with van der Waals surface area (Å²) in [6, 6.07) is 2.49. The third kappa shape index (κ3) is 1.22. The van der Waals surface area contributed by atoms with Crippen LogP contribution in [0.4, 0.5) is 0 Å². The van der Waals surface area contributed by atoms with Gasteiger partial charge in [-0.3, -0.25) is 0 Å². The molecule has 1 aliphatic carbocycles. The molecule has 1 N–H and O–H groups in total. The van der Waals surface area contributed by atoms with E-state index in [0.29, 0.717) is 12.0 Å². The number of nitrogens with zero attached hydrogens (tertiary/aromatic N) is 2. The van der Waals surface area contributed by atoms with Gasteiger partial charge in [0.15, 0.2) is 0 Å². The monoisotopic (exact) mass is 246 g/mol. The minimum absolute atomic E-state index is 0.150. The highest BCUT2D eigenvalue weighted by atomic mass is 32.1. The predicted octanol–water partition coefficient (Wildman–Crippen LogP) is 2.68. The summed E-state index contributed by atoms with van der Waals surface area (Å²) in [6.07, 6.45) is 6.92. The molecule has 1 saturated carbocycles. The first-order valence-electron chi connectivity index (χ1n) is 6.14. The SMILES string of the molecule is O[C@@H]1CCC[C@@H]1C1c2sccc2-c2cncn21. The van der Waals surface area contributed by atoms with Crippen LogP contribution in [0.5, 0.6) is 0 Å². The maximum Gasteiger partial charge on any atom is 0.0957 e. The Morgan fingerprint density at radius 2 is 2.35 bits per heavy atom. The van der Waals surface area contributed by atoms with Gasteiger partial charge in [-0.2, -0.15) is 0 Å². The molecule has 0 radical (unpaired) electrons. The van der Waals surface area contributed by atoms with Crippen molar-refractivity contribution in [1.82, 2.24) is 9.55 Å². The molecule has 2 aromatic heterocycles. The van der Waals surface area contributed by atoms with E-state index in [-0.39, 0.29) is 6.10 Å². The van der Waals surface area contributed by atoms with Crippen LogP contribution in [0.2, 0.25) is 0 Å². The van der Waals surface area contributed by atoms with Crippen molar-refractivity contribution in [3.05, 3.63) is 28.8 Å². The normalized spacial score (nSPS) is 30.5. The maximum absolute atomic E-state index is 10.1. The van der Waals surface area contributed by atoms with Crippen LogP contribution in [0, 0.1) is 5.92 Å². The van der Waals surface area contributed by atoms with Crippen LogP contribution in [-0.4, -0.2) is 20.8 Å². The van der Waals surface area contributed by atoms with Gasteiger partial charge >= 0.3 is 0 Å². The van der Waals surface area contributed by atoms with Gasteiger partial charge in [-0.15, -0.1) is 11.3 Å². The first kappa shape index (κ1) is 9.85. The first-order valence-corrected chi connectivity index (χ1v) is 7.02. The van der Waals surface area contributed by atoms with Crippen molar-refractivity contribution in [1.29, 1.82) is 0 Å². The molecule has 4 heteroatoms. The van der Waals surface area contributed by atoms with Crippen molar-refractivity contribution in [2.75, 3.05) is 0 Å².